The van der Waals surface area contributed by atoms with Crippen molar-refractivity contribution in [1.82, 2.24) is 21.3 Å². The number of carbonyl (C=O) groups excluding carboxylic acids is 3. The molecule has 0 spiro atoms. The summed E-state index contributed by atoms with van der Waals surface area (Å²) in [5.41, 5.74) is 7.23. The molecular weight excluding hydrogens is 542 g/mol. The maximum Gasteiger partial charge on any atom is 0.245 e. The lowest BCUT2D eigenvalue weighted by Crippen LogP contribution is -2.62. The van der Waals surface area contributed by atoms with Crippen LogP contribution in [0, 0.1) is 17.8 Å². The van der Waals surface area contributed by atoms with E-state index in [2.05, 4.69) is 45.3 Å². The van der Waals surface area contributed by atoms with Gasteiger partial charge in [0.1, 0.15) is 6.04 Å². The van der Waals surface area contributed by atoms with Crippen LogP contribution >= 0.6 is 23.5 Å². The highest BCUT2D eigenvalue weighted by Gasteiger charge is 2.37. The average Bonchev–Trinajstić information content (AvgIpc) is 3.38. The Bertz CT molecular complexity index is 1260. The van der Waals surface area contributed by atoms with Crippen molar-refractivity contribution >= 4 is 41.7 Å². The SMILES string of the molecule is C/C(=C\Sc1ccccc1)C[C@@H](NC(=O)C1(N)CCNCC1)C(=O)N[C@H](C#CC1=CS[C@H]2C=CC=CC12)NC=O. The molecule has 3 aliphatic rings. The smallest absolute Gasteiger partial charge is 0.245 e. The van der Waals surface area contributed by atoms with Crippen molar-refractivity contribution in [3.8, 4) is 11.8 Å². The van der Waals surface area contributed by atoms with E-state index < -0.39 is 23.7 Å². The summed E-state index contributed by atoms with van der Waals surface area (Å²) in [5.74, 6) is 5.46. The molecule has 40 heavy (non-hydrogen) atoms. The van der Waals surface area contributed by atoms with Gasteiger partial charge in [-0.2, -0.15) is 0 Å². The molecule has 2 aliphatic heterocycles. The molecule has 0 bridgehead atoms. The summed E-state index contributed by atoms with van der Waals surface area (Å²) in [6.07, 6.45) is 9.06. The van der Waals surface area contributed by atoms with E-state index in [1.165, 1.54) is 0 Å². The maximum atomic E-state index is 13.5. The fourth-order valence-electron chi connectivity index (χ4n) is 4.58. The normalized spacial score (nSPS) is 22.6. The second kappa shape index (κ2) is 14.4. The third-order valence-electron chi connectivity index (χ3n) is 6.91. The summed E-state index contributed by atoms with van der Waals surface area (Å²) < 4.78 is 0. The first-order valence-corrected chi connectivity index (χ1v) is 15.1. The second-order valence-corrected chi connectivity index (χ2v) is 12.0. The molecule has 6 N–H and O–H groups in total. The minimum Gasteiger partial charge on any atom is -0.342 e. The number of hydrogen-bond donors (Lipinski definition) is 5. The standard InChI is InChI=1S/C30H35N5O3S2/c1-21(18-39-23-7-3-2-4-8-23)17-25(34-29(38)30(31)13-15-32-16-14-30)28(37)35-27(33-20-36)12-11-22-19-40-26-10-6-5-9-24(22)26/h2-10,18-20,24-27,32H,13-17,31H2,1H3,(H,33,36)(H,34,38)(H,35,37)/b21-18+/t24?,25-,26+,27-/m1/s1. The molecule has 1 aromatic carbocycles. The Hall–Kier alpha value is -3.23. The Kier molecular flexibility index (Phi) is 10.7. The fourth-order valence-corrected chi connectivity index (χ4v) is 6.43. The summed E-state index contributed by atoms with van der Waals surface area (Å²) >= 11 is 3.24. The summed E-state index contributed by atoms with van der Waals surface area (Å²) in [6.45, 7) is 3.18. The van der Waals surface area contributed by atoms with Crippen LogP contribution in [0.4, 0.5) is 0 Å². The van der Waals surface area contributed by atoms with E-state index in [1.807, 2.05) is 60.2 Å². The highest BCUT2D eigenvalue weighted by Crippen LogP contribution is 2.38. The molecule has 1 saturated heterocycles. The number of nitrogens with two attached hydrogens (primary N) is 1. The van der Waals surface area contributed by atoms with Crippen LogP contribution in [0.2, 0.25) is 0 Å². The Morgan fingerprint density at radius 2 is 1.95 bits per heavy atom. The molecule has 1 unspecified atom stereocenters. The van der Waals surface area contributed by atoms with Gasteiger partial charge in [0.15, 0.2) is 6.17 Å². The van der Waals surface area contributed by atoms with Crippen LogP contribution in [0.1, 0.15) is 26.2 Å². The van der Waals surface area contributed by atoms with Crippen LogP contribution in [0.5, 0.6) is 0 Å². The molecule has 1 aliphatic carbocycles. The van der Waals surface area contributed by atoms with E-state index in [1.54, 1.807) is 23.5 Å². The van der Waals surface area contributed by atoms with Crippen LogP contribution < -0.4 is 27.0 Å². The zero-order valence-electron chi connectivity index (χ0n) is 22.4. The Morgan fingerprint density at radius 3 is 2.70 bits per heavy atom. The minimum atomic E-state index is -1.05. The van der Waals surface area contributed by atoms with Gasteiger partial charge in [-0.05, 0) is 62.2 Å². The van der Waals surface area contributed by atoms with E-state index in [9.17, 15) is 14.4 Å². The third-order valence-corrected chi connectivity index (χ3v) is 9.13. The molecule has 1 aromatic rings. The van der Waals surface area contributed by atoms with Crippen molar-refractivity contribution in [2.45, 2.75) is 54.1 Å². The van der Waals surface area contributed by atoms with Crippen molar-refractivity contribution < 1.29 is 14.4 Å². The number of hydrogen-bond acceptors (Lipinski definition) is 7. The van der Waals surface area contributed by atoms with Crippen molar-refractivity contribution in [1.29, 1.82) is 0 Å². The molecule has 1 fully saturated rings. The van der Waals surface area contributed by atoms with Crippen molar-refractivity contribution in [3.63, 3.8) is 0 Å². The molecule has 0 radical (unpaired) electrons. The van der Waals surface area contributed by atoms with E-state index >= 15 is 0 Å². The summed E-state index contributed by atoms with van der Waals surface area (Å²) in [5, 5.41) is 15.8. The zero-order valence-corrected chi connectivity index (χ0v) is 24.0. The molecule has 210 valence electrons. The van der Waals surface area contributed by atoms with Gasteiger partial charge in [-0.15, -0.1) is 11.8 Å². The maximum absolute atomic E-state index is 13.5. The van der Waals surface area contributed by atoms with Gasteiger partial charge in [-0.25, -0.2) is 0 Å². The number of thioether (sulfide) groups is 2. The largest absolute Gasteiger partial charge is 0.342 e. The summed E-state index contributed by atoms with van der Waals surface area (Å²) in [6, 6.07) is 8.99. The molecule has 4 atom stereocenters. The van der Waals surface area contributed by atoms with Gasteiger partial charge in [0, 0.05) is 21.6 Å². The molecule has 0 aromatic heterocycles. The van der Waals surface area contributed by atoms with E-state index in [0.29, 0.717) is 37.6 Å². The highest BCUT2D eigenvalue weighted by molar-refractivity contribution is 8.03. The number of benzene rings is 1. The number of rotatable bonds is 10. The van der Waals surface area contributed by atoms with Crippen LogP contribution in [0.15, 0.2) is 81.5 Å². The molecule has 8 nitrogen and oxygen atoms in total. The monoisotopic (exact) mass is 577 g/mol. The predicted molar refractivity (Wildman–Crippen MR) is 162 cm³/mol. The van der Waals surface area contributed by atoms with E-state index in [0.717, 1.165) is 16.0 Å². The van der Waals surface area contributed by atoms with E-state index in [-0.39, 0.29) is 18.2 Å². The van der Waals surface area contributed by atoms with Crippen LogP contribution in [0.25, 0.3) is 0 Å². The Labute approximate surface area is 244 Å². The second-order valence-electron chi connectivity index (χ2n) is 10.00. The van der Waals surface area contributed by atoms with Gasteiger partial charge in [0.2, 0.25) is 18.2 Å². The lowest BCUT2D eigenvalue weighted by Gasteiger charge is -2.34. The number of carbonyl (C=O) groups is 3. The molecule has 0 saturated carbocycles. The van der Waals surface area contributed by atoms with Gasteiger partial charge in [-0.3, -0.25) is 14.4 Å². The number of piperidine rings is 1. The lowest BCUT2D eigenvalue weighted by molar-refractivity contribution is -0.132. The average molecular weight is 578 g/mol. The number of nitrogens with one attached hydrogen (secondary N) is 4. The van der Waals surface area contributed by atoms with Gasteiger partial charge < -0.3 is 27.0 Å². The molecule has 2 heterocycles. The van der Waals surface area contributed by atoms with Crippen molar-refractivity contribution in [2.24, 2.45) is 11.7 Å². The Balaban J connectivity index is 1.47. The quantitative estimate of drug-likeness (QED) is 0.125. The zero-order chi connectivity index (χ0) is 28.4. The van der Waals surface area contributed by atoms with Gasteiger partial charge >= 0.3 is 0 Å². The molecule has 10 heteroatoms. The van der Waals surface area contributed by atoms with Crippen LogP contribution in [-0.2, 0) is 14.4 Å². The predicted octanol–water partition coefficient (Wildman–Crippen LogP) is 2.57. The lowest BCUT2D eigenvalue weighted by atomic mass is 9.88. The molecule has 3 amide bonds. The first-order chi connectivity index (χ1) is 19.4. The summed E-state index contributed by atoms with van der Waals surface area (Å²) in [7, 11) is 0. The summed E-state index contributed by atoms with van der Waals surface area (Å²) in [4.78, 5) is 39.2. The third kappa shape index (κ3) is 8.15. The van der Waals surface area contributed by atoms with E-state index in [4.69, 9.17) is 5.73 Å². The molecule has 4 rings (SSSR count). The van der Waals surface area contributed by atoms with Crippen LogP contribution in [0.3, 0.4) is 0 Å². The number of fused-ring (bicyclic) bond motifs is 1. The van der Waals surface area contributed by atoms with Gasteiger partial charge in [-0.1, -0.05) is 71.7 Å². The Morgan fingerprint density at radius 1 is 1.20 bits per heavy atom. The van der Waals surface area contributed by atoms with Gasteiger partial charge in [0.05, 0.1) is 5.54 Å². The first-order valence-electron chi connectivity index (χ1n) is 13.3. The fraction of sp³-hybridized carbons (Fsp3) is 0.367. The number of amides is 3. The molecular formula is C30H35N5O3S2. The van der Waals surface area contributed by atoms with Gasteiger partial charge in [0.25, 0.3) is 0 Å². The number of allylic oxidation sites excluding steroid dienone is 4. The first kappa shape index (κ1) is 29.7. The van der Waals surface area contributed by atoms with Crippen molar-refractivity contribution in [2.75, 3.05) is 13.1 Å². The van der Waals surface area contributed by atoms with Crippen LogP contribution in [-0.4, -0.2) is 54.3 Å². The minimum absolute atomic E-state index is 0.169. The van der Waals surface area contributed by atoms with Crippen molar-refractivity contribution in [3.05, 3.63) is 76.6 Å². The topological polar surface area (TPSA) is 125 Å². The highest BCUT2D eigenvalue weighted by atomic mass is 32.2.